The van der Waals surface area contributed by atoms with E-state index in [1.54, 1.807) is 12.0 Å². The number of carbonyl (C=O) groups is 2. The molecule has 0 saturated carbocycles. The largest absolute Gasteiger partial charge is 0.484 e. The van der Waals surface area contributed by atoms with Crippen molar-refractivity contribution in [2.75, 3.05) is 26.7 Å². The van der Waals surface area contributed by atoms with Crippen LogP contribution >= 0.6 is 0 Å². The first-order valence-corrected chi connectivity index (χ1v) is 11.9. The molecule has 1 aromatic carbocycles. The molecule has 0 aliphatic carbocycles. The first-order valence-electron chi connectivity index (χ1n) is 11.9. The molecule has 0 aromatic heterocycles. The summed E-state index contributed by atoms with van der Waals surface area (Å²) in [5.74, 6) is 0.929. The summed E-state index contributed by atoms with van der Waals surface area (Å²) in [5.41, 5.74) is 4.85. The molecule has 2 amide bonds. The maximum absolute atomic E-state index is 13.0. The van der Waals surface area contributed by atoms with Gasteiger partial charge >= 0.3 is 0 Å². The molecule has 7 nitrogen and oxygen atoms in total. The predicted octanol–water partition coefficient (Wildman–Crippen LogP) is 3.75. The van der Waals surface area contributed by atoms with Crippen molar-refractivity contribution >= 4 is 17.7 Å². The summed E-state index contributed by atoms with van der Waals surface area (Å²) in [6.07, 6.45) is 7.14. The topological polar surface area (TPSA) is 74.2 Å². The summed E-state index contributed by atoms with van der Waals surface area (Å²) < 4.78 is 5.10. The van der Waals surface area contributed by atoms with Crippen LogP contribution in [0.1, 0.15) is 60.0 Å². The lowest BCUT2D eigenvalue weighted by molar-refractivity contribution is -0.126. The van der Waals surface area contributed by atoms with Crippen LogP contribution in [-0.4, -0.2) is 60.3 Å². The summed E-state index contributed by atoms with van der Waals surface area (Å²) in [7, 11) is 1.61. The van der Waals surface area contributed by atoms with Crippen LogP contribution < -0.4 is 5.32 Å². The van der Waals surface area contributed by atoms with Gasteiger partial charge in [0.2, 0.25) is 5.91 Å². The molecule has 1 atom stereocenters. The van der Waals surface area contributed by atoms with Crippen LogP contribution in [0.4, 0.5) is 0 Å². The summed E-state index contributed by atoms with van der Waals surface area (Å²) >= 11 is 0. The Labute approximate surface area is 201 Å². The Bertz CT molecular complexity index is 1050. The highest BCUT2D eigenvalue weighted by Crippen LogP contribution is 2.34. The Hall–Kier alpha value is -3.19. The van der Waals surface area contributed by atoms with Gasteiger partial charge in [-0.05, 0) is 67.5 Å². The Morgan fingerprint density at radius 3 is 2.71 bits per heavy atom. The van der Waals surface area contributed by atoms with E-state index in [0.717, 1.165) is 54.9 Å². The first kappa shape index (κ1) is 24.0. The number of nitrogens with zero attached hydrogens (tertiary/aromatic N) is 3. The van der Waals surface area contributed by atoms with Crippen molar-refractivity contribution in [1.82, 2.24) is 15.1 Å². The molecule has 0 bridgehead atoms. The van der Waals surface area contributed by atoms with Crippen molar-refractivity contribution in [3.8, 4) is 0 Å². The van der Waals surface area contributed by atoms with E-state index in [2.05, 4.69) is 40.5 Å². The number of methoxy groups -OCH3 is 1. The molecular formula is C27H34N4O3. The number of hydrogen-bond acceptors (Lipinski definition) is 5. The minimum atomic E-state index is -0.416. The van der Waals surface area contributed by atoms with Gasteiger partial charge in [-0.25, -0.2) is 4.99 Å². The molecule has 2 saturated heterocycles. The molecule has 3 heterocycles. The molecule has 1 unspecified atom stereocenters. The molecule has 0 radical (unpaired) electrons. The molecule has 2 fully saturated rings. The van der Waals surface area contributed by atoms with Crippen molar-refractivity contribution in [3.63, 3.8) is 0 Å². The number of carbonyl (C=O) groups excluding carboxylic acids is 2. The Kier molecular flexibility index (Phi) is 7.32. The van der Waals surface area contributed by atoms with Gasteiger partial charge < -0.3 is 15.0 Å². The number of ether oxygens (including phenoxy) is 1. The number of allylic oxidation sites excluding steroid dienone is 1. The predicted molar refractivity (Wildman–Crippen MR) is 133 cm³/mol. The van der Waals surface area contributed by atoms with Crippen molar-refractivity contribution in [2.24, 2.45) is 4.99 Å². The van der Waals surface area contributed by atoms with Crippen molar-refractivity contribution in [2.45, 2.75) is 51.1 Å². The molecule has 34 heavy (non-hydrogen) atoms. The van der Waals surface area contributed by atoms with Crippen LogP contribution in [0.5, 0.6) is 0 Å². The zero-order chi connectivity index (χ0) is 24.2. The zero-order valence-electron chi connectivity index (χ0n) is 20.2. The van der Waals surface area contributed by atoms with Crippen LogP contribution in [0.15, 0.2) is 59.9 Å². The minimum absolute atomic E-state index is 0.0425. The zero-order valence-corrected chi connectivity index (χ0v) is 20.2. The summed E-state index contributed by atoms with van der Waals surface area (Å²) in [5, 5.41) is 2.80. The van der Waals surface area contributed by atoms with Gasteiger partial charge in [-0.1, -0.05) is 31.4 Å². The second kappa shape index (κ2) is 10.4. The molecule has 0 spiro atoms. The lowest BCUT2D eigenvalue weighted by Crippen LogP contribution is -2.49. The lowest BCUT2D eigenvalue weighted by atomic mass is 9.87. The summed E-state index contributed by atoms with van der Waals surface area (Å²) in [6.45, 7) is 12.9. The lowest BCUT2D eigenvalue weighted by Gasteiger charge is -2.32. The highest BCUT2D eigenvalue weighted by molar-refractivity contribution is 6.01. The van der Waals surface area contributed by atoms with Crippen LogP contribution in [0.2, 0.25) is 0 Å². The molecule has 4 rings (SSSR count). The number of fused-ring (bicyclic) bond motifs is 1. The van der Waals surface area contributed by atoms with Gasteiger partial charge in [0.05, 0.1) is 7.11 Å². The molecular weight excluding hydrogens is 428 g/mol. The van der Waals surface area contributed by atoms with Crippen LogP contribution in [0.25, 0.3) is 0 Å². The van der Waals surface area contributed by atoms with E-state index in [0.29, 0.717) is 31.2 Å². The number of hydrogen-bond donors (Lipinski definition) is 1. The van der Waals surface area contributed by atoms with E-state index in [1.807, 2.05) is 25.3 Å². The number of likely N-dealkylation sites (tertiary alicyclic amines) is 1. The third-order valence-corrected chi connectivity index (χ3v) is 7.09. The fraction of sp³-hybridized carbons (Fsp3) is 0.444. The number of piperidine rings is 2. The van der Waals surface area contributed by atoms with Gasteiger partial charge in [0.1, 0.15) is 6.04 Å². The fourth-order valence-corrected chi connectivity index (χ4v) is 5.00. The molecule has 1 aromatic rings. The molecule has 3 aliphatic rings. The Balaban J connectivity index is 1.37. The van der Waals surface area contributed by atoms with Crippen molar-refractivity contribution in [3.05, 3.63) is 71.6 Å². The highest BCUT2D eigenvalue weighted by Gasteiger charge is 2.38. The minimum Gasteiger partial charge on any atom is -0.484 e. The summed E-state index contributed by atoms with van der Waals surface area (Å²) in [6, 6.07) is 5.82. The van der Waals surface area contributed by atoms with E-state index in [9.17, 15) is 9.59 Å². The van der Waals surface area contributed by atoms with Crippen molar-refractivity contribution in [1.29, 1.82) is 0 Å². The van der Waals surface area contributed by atoms with E-state index in [-0.39, 0.29) is 11.8 Å². The van der Waals surface area contributed by atoms with Gasteiger partial charge in [-0.2, -0.15) is 0 Å². The van der Waals surface area contributed by atoms with E-state index in [4.69, 9.17) is 4.74 Å². The van der Waals surface area contributed by atoms with Gasteiger partial charge in [0, 0.05) is 37.5 Å². The fourth-order valence-electron chi connectivity index (χ4n) is 5.00. The van der Waals surface area contributed by atoms with Crippen LogP contribution in [-0.2, 0) is 16.1 Å². The average Bonchev–Trinajstić information content (AvgIpc) is 3.17. The van der Waals surface area contributed by atoms with Gasteiger partial charge in [0.25, 0.3) is 5.91 Å². The number of benzene rings is 1. The van der Waals surface area contributed by atoms with E-state index < -0.39 is 6.04 Å². The Morgan fingerprint density at radius 2 is 2.03 bits per heavy atom. The number of rotatable bonds is 6. The molecule has 3 aliphatic heterocycles. The van der Waals surface area contributed by atoms with Crippen LogP contribution in [0.3, 0.4) is 0 Å². The normalized spacial score (nSPS) is 22.6. The quantitative estimate of drug-likeness (QED) is 0.397. The monoisotopic (exact) mass is 462 g/mol. The Morgan fingerprint density at radius 1 is 1.26 bits per heavy atom. The van der Waals surface area contributed by atoms with Gasteiger partial charge in [0.15, 0.2) is 5.90 Å². The standard InChI is InChI=1S/C27H34N4O3/c1-5-20(15-28-19(3)34-4)16-30-12-10-21(11-13-30)22-7-8-24-23(14-22)17-31(27(24)33)25-9-6-18(2)29-26(25)32/h5,7-8,14-15,21,25H,1-2,6,9-13,16-17H2,3-4H3,(H,29,32)/b20-15+,28-19?. The first-order chi connectivity index (χ1) is 16.4. The van der Waals surface area contributed by atoms with E-state index >= 15 is 0 Å². The third kappa shape index (κ3) is 5.14. The third-order valence-electron chi connectivity index (χ3n) is 7.09. The number of aliphatic imine (C=N–C) groups is 1. The van der Waals surface area contributed by atoms with E-state index in [1.165, 1.54) is 5.56 Å². The molecule has 1 N–H and O–H groups in total. The smallest absolute Gasteiger partial charge is 0.255 e. The highest BCUT2D eigenvalue weighted by atomic mass is 16.5. The van der Waals surface area contributed by atoms with Crippen LogP contribution in [0, 0.1) is 0 Å². The average molecular weight is 463 g/mol. The maximum Gasteiger partial charge on any atom is 0.255 e. The number of amides is 2. The van der Waals surface area contributed by atoms with Gasteiger partial charge in [-0.3, -0.25) is 14.5 Å². The molecule has 7 heteroatoms. The maximum atomic E-state index is 13.0. The molecule has 180 valence electrons. The SMILES string of the molecule is C=C/C(=C\N=C(C)OC)CN1CCC(c2ccc3c(c2)CN(C2CCC(=C)NC2=O)C3=O)CC1. The van der Waals surface area contributed by atoms with Gasteiger partial charge in [-0.15, -0.1) is 0 Å². The summed E-state index contributed by atoms with van der Waals surface area (Å²) in [4.78, 5) is 33.9. The second-order valence-corrected chi connectivity index (χ2v) is 9.31. The van der Waals surface area contributed by atoms with Crippen molar-refractivity contribution < 1.29 is 14.3 Å². The second-order valence-electron chi connectivity index (χ2n) is 9.31. The number of nitrogens with one attached hydrogen (secondary N) is 1.